The van der Waals surface area contributed by atoms with Crippen LogP contribution in [0.2, 0.25) is 0 Å². The molecule has 0 radical (unpaired) electrons. The molecule has 0 amide bonds. The Morgan fingerprint density at radius 2 is 1.67 bits per heavy atom. The van der Waals surface area contributed by atoms with Gasteiger partial charge in [0.05, 0.1) is 3.94 Å². The van der Waals surface area contributed by atoms with Crippen LogP contribution < -0.4 is 0 Å². The molecule has 0 aromatic carbocycles. The fourth-order valence-corrected chi connectivity index (χ4v) is 0. The predicted molar refractivity (Wildman–Crippen MR) is 33.2 cm³/mol. The Morgan fingerprint density at radius 3 is 1.67 bits per heavy atom. The Kier molecular flexibility index (Phi) is 2.87. The van der Waals surface area contributed by atoms with Crippen LogP contribution in [0.3, 0.4) is 0 Å². The van der Waals surface area contributed by atoms with Crippen molar-refractivity contribution in [1.29, 1.82) is 0 Å². The molecule has 0 fully saturated rings. The molecule has 0 aliphatic heterocycles. The van der Waals surface area contributed by atoms with Crippen molar-refractivity contribution < 1.29 is 0 Å². The third kappa shape index (κ3) is 2.73. The van der Waals surface area contributed by atoms with E-state index in [1.165, 1.54) is 0 Å². The van der Waals surface area contributed by atoms with Crippen LogP contribution in [0.1, 0.15) is 13.8 Å². The Bertz CT molecular complexity index is 57.6. The van der Waals surface area contributed by atoms with Gasteiger partial charge in [-0.2, -0.15) is 0 Å². The van der Waals surface area contributed by atoms with Gasteiger partial charge in [0.1, 0.15) is 0 Å². The second-order valence-corrected chi connectivity index (χ2v) is 2.89. The monoisotopic (exact) mass is 168 g/mol. The summed E-state index contributed by atoms with van der Waals surface area (Å²) in [6, 6.07) is 0. The molecule has 0 unspecified atom stereocenters. The Balaban J connectivity index is 3.68. The fourth-order valence-electron chi connectivity index (χ4n) is 0. The van der Waals surface area contributed by atoms with Crippen LogP contribution in [-0.2, 0) is 0 Å². The van der Waals surface area contributed by atoms with Gasteiger partial charge in [-0.15, -0.1) is 0 Å². The summed E-state index contributed by atoms with van der Waals surface area (Å²) in [7, 11) is 0. The van der Waals surface area contributed by atoms with Gasteiger partial charge in [-0.1, -0.05) is 17.2 Å². The van der Waals surface area contributed by atoms with Gasteiger partial charge in [0.2, 0.25) is 0 Å². The van der Waals surface area contributed by atoms with Crippen molar-refractivity contribution in [3.05, 3.63) is 9.51 Å². The first-order chi connectivity index (χ1) is 2.64. The minimum atomic E-state index is 0.711. The highest BCUT2D eigenvalue weighted by Gasteiger charge is 1.81. The van der Waals surface area contributed by atoms with E-state index in [0.29, 0.717) is 3.94 Å². The summed E-state index contributed by atoms with van der Waals surface area (Å²) in [5.41, 5.74) is 1.11. The minimum Gasteiger partial charge on any atom is -0.0762 e. The van der Waals surface area contributed by atoms with Gasteiger partial charge in [-0.25, -0.2) is 0 Å². The van der Waals surface area contributed by atoms with Gasteiger partial charge < -0.3 is 0 Å². The molecule has 36 valence electrons. The molecular weight excluding hydrogens is 163 g/mol. The standard InChI is InChI=1S/C4H6BrCl/c1-3(2)4(5)6/h1-2H3. The lowest BCUT2D eigenvalue weighted by Crippen LogP contribution is -1.58. The number of allylic oxidation sites excluding steroid dienone is 1. The van der Waals surface area contributed by atoms with Gasteiger partial charge in [-0.05, 0) is 29.8 Å². The topological polar surface area (TPSA) is 0 Å². The molecule has 0 rings (SSSR count). The lowest BCUT2D eigenvalue weighted by molar-refractivity contribution is 1.41. The van der Waals surface area contributed by atoms with Crippen molar-refractivity contribution in [2.75, 3.05) is 0 Å². The van der Waals surface area contributed by atoms with E-state index in [2.05, 4.69) is 15.9 Å². The number of hydrogen-bond acceptors (Lipinski definition) is 0. The van der Waals surface area contributed by atoms with Gasteiger partial charge in [0, 0.05) is 0 Å². The van der Waals surface area contributed by atoms with Crippen LogP contribution in [0.25, 0.3) is 0 Å². The third-order valence-electron chi connectivity index (χ3n) is 0.378. The summed E-state index contributed by atoms with van der Waals surface area (Å²) in [6.07, 6.45) is 0. The second kappa shape index (κ2) is 2.64. The highest BCUT2D eigenvalue weighted by molar-refractivity contribution is 9.12. The highest BCUT2D eigenvalue weighted by atomic mass is 79.9. The van der Waals surface area contributed by atoms with E-state index in [0.717, 1.165) is 5.57 Å². The maximum Gasteiger partial charge on any atom is 0.0820 e. The molecule has 0 aliphatic carbocycles. The fraction of sp³-hybridized carbons (Fsp3) is 0.500. The van der Waals surface area contributed by atoms with Crippen molar-refractivity contribution in [3.8, 4) is 0 Å². The maximum atomic E-state index is 5.41. The minimum absolute atomic E-state index is 0.711. The van der Waals surface area contributed by atoms with Crippen LogP contribution in [-0.4, -0.2) is 0 Å². The van der Waals surface area contributed by atoms with Crippen LogP contribution in [0.4, 0.5) is 0 Å². The van der Waals surface area contributed by atoms with E-state index in [1.807, 2.05) is 13.8 Å². The van der Waals surface area contributed by atoms with Crippen LogP contribution in [0.5, 0.6) is 0 Å². The van der Waals surface area contributed by atoms with Crippen molar-refractivity contribution >= 4 is 27.5 Å². The molecule has 0 bridgehead atoms. The summed E-state index contributed by atoms with van der Waals surface area (Å²) >= 11 is 8.49. The average Bonchev–Trinajstić information content (AvgIpc) is 1.36. The van der Waals surface area contributed by atoms with Crippen molar-refractivity contribution in [2.24, 2.45) is 0 Å². The van der Waals surface area contributed by atoms with Gasteiger partial charge in [0.15, 0.2) is 0 Å². The number of rotatable bonds is 0. The van der Waals surface area contributed by atoms with Crippen LogP contribution >= 0.6 is 27.5 Å². The van der Waals surface area contributed by atoms with Crippen molar-refractivity contribution in [2.45, 2.75) is 13.8 Å². The average molecular weight is 169 g/mol. The summed E-state index contributed by atoms with van der Waals surface area (Å²) in [5, 5.41) is 0. The molecule has 2 heteroatoms. The lowest BCUT2D eigenvalue weighted by atomic mass is 10.4. The van der Waals surface area contributed by atoms with E-state index < -0.39 is 0 Å². The van der Waals surface area contributed by atoms with E-state index >= 15 is 0 Å². The molecule has 0 aliphatic rings. The Morgan fingerprint density at radius 1 is 1.50 bits per heavy atom. The molecule has 0 aromatic rings. The Hall–Kier alpha value is 0.510. The quantitative estimate of drug-likeness (QED) is 0.523. The van der Waals surface area contributed by atoms with Gasteiger partial charge in [-0.3, -0.25) is 0 Å². The molecule has 0 N–H and O–H groups in total. The summed E-state index contributed by atoms with van der Waals surface area (Å²) in [4.78, 5) is 0. The highest BCUT2D eigenvalue weighted by Crippen LogP contribution is 2.14. The van der Waals surface area contributed by atoms with Crippen LogP contribution in [0.15, 0.2) is 9.51 Å². The smallest absolute Gasteiger partial charge is 0.0762 e. The first-order valence-electron chi connectivity index (χ1n) is 1.63. The predicted octanol–water partition coefficient (Wildman–Crippen LogP) is 2.87. The zero-order valence-electron chi connectivity index (χ0n) is 3.76. The van der Waals surface area contributed by atoms with Crippen LogP contribution in [0, 0.1) is 0 Å². The van der Waals surface area contributed by atoms with E-state index in [1.54, 1.807) is 0 Å². The first-order valence-corrected chi connectivity index (χ1v) is 2.80. The molecule has 6 heavy (non-hydrogen) atoms. The number of halogens is 2. The largest absolute Gasteiger partial charge is 0.0820 e. The second-order valence-electron chi connectivity index (χ2n) is 1.26. The first kappa shape index (κ1) is 6.51. The van der Waals surface area contributed by atoms with Gasteiger partial charge in [0.25, 0.3) is 0 Å². The molecular formula is C4H6BrCl. The van der Waals surface area contributed by atoms with E-state index in [-0.39, 0.29) is 0 Å². The Labute approximate surface area is 51.3 Å². The summed E-state index contributed by atoms with van der Waals surface area (Å²) in [6.45, 7) is 3.88. The molecule has 0 aromatic heterocycles. The van der Waals surface area contributed by atoms with E-state index in [4.69, 9.17) is 11.6 Å². The molecule has 0 saturated heterocycles. The SMILES string of the molecule is CC(C)=C(Cl)Br. The molecule has 0 spiro atoms. The number of hydrogen-bond donors (Lipinski definition) is 0. The molecule has 0 atom stereocenters. The summed E-state index contributed by atoms with van der Waals surface area (Å²) < 4.78 is 0.711. The molecule has 0 heterocycles. The third-order valence-corrected chi connectivity index (χ3v) is 1.55. The zero-order valence-corrected chi connectivity index (χ0v) is 6.10. The zero-order chi connectivity index (χ0) is 5.15. The maximum absolute atomic E-state index is 5.41. The normalized spacial score (nSPS) is 8.00. The van der Waals surface area contributed by atoms with Crippen molar-refractivity contribution in [3.63, 3.8) is 0 Å². The van der Waals surface area contributed by atoms with E-state index in [9.17, 15) is 0 Å². The molecule has 0 saturated carbocycles. The van der Waals surface area contributed by atoms with Crippen molar-refractivity contribution in [1.82, 2.24) is 0 Å². The molecule has 0 nitrogen and oxygen atoms in total. The van der Waals surface area contributed by atoms with Gasteiger partial charge >= 0.3 is 0 Å². The lowest BCUT2D eigenvalue weighted by Gasteiger charge is -1.82. The summed E-state index contributed by atoms with van der Waals surface area (Å²) in [5.74, 6) is 0.